The first-order valence-electron chi connectivity index (χ1n) is 5.43. The molecule has 0 fully saturated rings. The van der Waals surface area contributed by atoms with Crippen LogP contribution >= 0.6 is 15.9 Å². The van der Waals surface area contributed by atoms with E-state index < -0.39 is 33.2 Å². The summed E-state index contributed by atoms with van der Waals surface area (Å²) in [5, 5.41) is 0. The van der Waals surface area contributed by atoms with Gasteiger partial charge < -0.3 is 5.73 Å². The van der Waals surface area contributed by atoms with Crippen LogP contribution in [0.3, 0.4) is 0 Å². The molecule has 0 amide bonds. The van der Waals surface area contributed by atoms with Gasteiger partial charge in [0.2, 0.25) is 0 Å². The topological polar surface area (TPSA) is 72.2 Å². The molecular formula is C12H8BrF3N2O2S. The molecule has 0 heterocycles. The molecule has 0 aliphatic carbocycles. The standard InChI is InChI=1S/C12H8BrF3N2O2S/c13-8-3-6(14)4-10(16)12(8)18-21(19,20)7-1-2-9(15)11(17)5-7/h1-5,18H,17H2. The molecule has 0 aliphatic rings. The van der Waals surface area contributed by atoms with Crippen LogP contribution in [0.25, 0.3) is 0 Å². The van der Waals surface area contributed by atoms with E-state index in [4.69, 9.17) is 5.73 Å². The molecule has 0 aromatic heterocycles. The number of nitrogen functional groups attached to an aromatic ring is 1. The predicted molar refractivity (Wildman–Crippen MR) is 75.7 cm³/mol. The second-order valence-corrected chi connectivity index (χ2v) is 6.57. The van der Waals surface area contributed by atoms with Crippen molar-refractivity contribution < 1.29 is 21.6 Å². The molecule has 21 heavy (non-hydrogen) atoms. The third-order valence-corrected chi connectivity index (χ3v) is 4.49. The fourth-order valence-corrected chi connectivity index (χ4v) is 3.28. The molecule has 0 saturated carbocycles. The van der Waals surface area contributed by atoms with Crippen LogP contribution in [0.2, 0.25) is 0 Å². The van der Waals surface area contributed by atoms with E-state index >= 15 is 0 Å². The molecule has 0 radical (unpaired) electrons. The van der Waals surface area contributed by atoms with Crippen molar-refractivity contribution in [2.45, 2.75) is 4.90 Å². The molecule has 2 aromatic carbocycles. The lowest BCUT2D eigenvalue weighted by molar-refractivity contribution is 0.581. The fraction of sp³-hybridized carbons (Fsp3) is 0. The van der Waals surface area contributed by atoms with Crippen molar-refractivity contribution in [1.29, 1.82) is 0 Å². The molecule has 112 valence electrons. The van der Waals surface area contributed by atoms with Gasteiger partial charge in [0.05, 0.1) is 16.3 Å². The monoisotopic (exact) mass is 380 g/mol. The largest absolute Gasteiger partial charge is 0.396 e. The van der Waals surface area contributed by atoms with Crippen LogP contribution in [0.1, 0.15) is 0 Å². The Morgan fingerprint density at radius 3 is 2.29 bits per heavy atom. The van der Waals surface area contributed by atoms with E-state index in [0.29, 0.717) is 6.07 Å². The summed E-state index contributed by atoms with van der Waals surface area (Å²) in [5.41, 5.74) is 4.47. The minimum atomic E-state index is -4.20. The Hall–Kier alpha value is -1.74. The number of sulfonamides is 1. The first kappa shape index (κ1) is 15.6. The van der Waals surface area contributed by atoms with Crippen molar-refractivity contribution in [3.63, 3.8) is 0 Å². The van der Waals surface area contributed by atoms with Gasteiger partial charge in [-0.2, -0.15) is 0 Å². The highest BCUT2D eigenvalue weighted by molar-refractivity contribution is 9.10. The molecule has 9 heteroatoms. The lowest BCUT2D eigenvalue weighted by Gasteiger charge is -2.11. The van der Waals surface area contributed by atoms with Crippen molar-refractivity contribution in [1.82, 2.24) is 0 Å². The average molecular weight is 381 g/mol. The van der Waals surface area contributed by atoms with E-state index in [2.05, 4.69) is 15.9 Å². The number of nitrogens with one attached hydrogen (secondary N) is 1. The number of nitrogens with two attached hydrogens (primary N) is 1. The molecule has 0 aliphatic heterocycles. The van der Waals surface area contributed by atoms with Gasteiger partial charge >= 0.3 is 0 Å². The Morgan fingerprint density at radius 2 is 1.71 bits per heavy atom. The third kappa shape index (κ3) is 3.30. The predicted octanol–water partition coefficient (Wildman–Crippen LogP) is 3.25. The molecule has 2 rings (SSSR count). The van der Waals surface area contributed by atoms with Crippen LogP contribution in [0.15, 0.2) is 39.7 Å². The van der Waals surface area contributed by atoms with Gasteiger partial charge in [-0.15, -0.1) is 0 Å². The second-order valence-electron chi connectivity index (χ2n) is 4.03. The Balaban J connectivity index is 2.44. The number of benzene rings is 2. The molecule has 4 nitrogen and oxygen atoms in total. The van der Waals surface area contributed by atoms with Gasteiger partial charge in [0, 0.05) is 10.5 Å². The minimum absolute atomic E-state index is 0.112. The van der Waals surface area contributed by atoms with E-state index in [1.807, 2.05) is 4.72 Å². The number of halogens is 4. The molecule has 2 aromatic rings. The van der Waals surface area contributed by atoms with Crippen LogP contribution in [-0.4, -0.2) is 8.42 Å². The van der Waals surface area contributed by atoms with Crippen LogP contribution < -0.4 is 10.5 Å². The van der Waals surface area contributed by atoms with E-state index in [1.165, 1.54) is 0 Å². The Labute approximate surface area is 127 Å². The third-order valence-electron chi connectivity index (χ3n) is 2.52. The number of hydrogen-bond donors (Lipinski definition) is 2. The van der Waals surface area contributed by atoms with Gasteiger partial charge in [0.1, 0.15) is 11.6 Å². The summed E-state index contributed by atoms with van der Waals surface area (Å²) in [4.78, 5) is -0.350. The van der Waals surface area contributed by atoms with E-state index in [9.17, 15) is 21.6 Å². The summed E-state index contributed by atoms with van der Waals surface area (Å²) in [5.74, 6) is -2.74. The van der Waals surface area contributed by atoms with Gasteiger partial charge in [-0.25, -0.2) is 21.6 Å². The number of hydrogen-bond acceptors (Lipinski definition) is 3. The summed E-state index contributed by atoms with van der Waals surface area (Å²) in [6, 6.07) is 4.18. The lowest BCUT2D eigenvalue weighted by Crippen LogP contribution is -2.15. The summed E-state index contributed by atoms with van der Waals surface area (Å²) in [7, 11) is -4.20. The lowest BCUT2D eigenvalue weighted by atomic mass is 10.3. The maximum Gasteiger partial charge on any atom is 0.262 e. The van der Waals surface area contributed by atoms with Crippen LogP contribution in [0.4, 0.5) is 24.5 Å². The van der Waals surface area contributed by atoms with Crippen LogP contribution in [-0.2, 0) is 10.0 Å². The zero-order valence-corrected chi connectivity index (χ0v) is 12.6. The van der Waals surface area contributed by atoms with Crippen molar-refractivity contribution in [3.8, 4) is 0 Å². The van der Waals surface area contributed by atoms with Gasteiger partial charge in [-0.05, 0) is 40.2 Å². The fourth-order valence-electron chi connectivity index (χ4n) is 1.52. The first-order valence-corrected chi connectivity index (χ1v) is 7.71. The van der Waals surface area contributed by atoms with Crippen molar-refractivity contribution in [2.24, 2.45) is 0 Å². The highest BCUT2D eigenvalue weighted by atomic mass is 79.9. The Morgan fingerprint density at radius 1 is 1.05 bits per heavy atom. The summed E-state index contributed by atoms with van der Waals surface area (Å²) in [6.45, 7) is 0. The van der Waals surface area contributed by atoms with Crippen molar-refractivity contribution in [2.75, 3.05) is 10.5 Å². The van der Waals surface area contributed by atoms with Crippen molar-refractivity contribution >= 4 is 37.3 Å². The maximum atomic E-state index is 13.6. The SMILES string of the molecule is Nc1cc(S(=O)(=O)Nc2c(F)cc(F)cc2Br)ccc1F. The van der Waals surface area contributed by atoms with Gasteiger partial charge in [-0.1, -0.05) is 0 Å². The van der Waals surface area contributed by atoms with Gasteiger partial charge in [0.15, 0.2) is 5.82 Å². The highest BCUT2D eigenvalue weighted by Gasteiger charge is 2.20. The first-order chi connectivity index (χ1) is 9.70. The molecule has 0 atom stereocenters. The van der Waals surface area contributed by atoms with E-state index in [0.717, 1.165) is 24.3 Å². The summed E-state index contributed by atoms with van der Waals surface area (Å²) in [6.07, 6.45) is 0. The minimum Gasteiger partial charge on any atom is -0.396 e. The quantitative estimate of drug-likeness (QED) is 0.802. The van der Waals surface area contributed by atoms with Crippen LogP contribution in [0, 0.1) is 17.5 Å². The van der Waals surface area contributed by atoms with E-state index in [1.54, 1.807) is 0 Å². The Kier molecular flexibility index (Phi) is 4.15. The van der Waals surface area contributed by atoms with Crippen LogP contribution in [0.5, 0.6) is 0 Å². The molecule has 0 bridgehead atoms. The molecule has 0 saturated heterocycles. The summed E-state index contributed by atoms with van der Waals surface area (Å²) < 4.78 is 65.6. The smallest absolute Gasteiger partial charge is 0.262 e. The normalized spacial score (nSPS) is 11.4. The van der Waals surface area contributed by atoms with E-state index in [-0.39, 0.29) is 15.1 Å². The molecule has 0 unspecified atom stereocenters. The van der Waals surface area contributed by atoms with Crippen molar-refractivity contribution in [3.05, 3.63) is 52.3 Å². The molecule has 3 N–H and O–H groups in total. The summed E-state index contributed by atoms with van der Waals surface area (Å²) >= 11 is 2.86. The average Bonchev–Trinajstić information content (AvgIpc) is 2.37. The maximum absolute atomic E-state index is 13.6. The second kappa shape index (κ2) is 5.57. The highest BCUT2D eigenvalue weighted by Crippen LogP contribution is 2.29. The molecular weight excluding hydrogens is 373 g/mol. The zero-order valence-electron chi connectivity index (χ0n) is 10.2. The van der Waals surface area contributed by atoms with Gasteiger partial charge in [0.25, 0.3) is 10.0 Å². The Bertz CT molecular complexity index is 789. The zero-order chi connectivity index (χ0) is 15.8. The number of anilines is 2. The number of rotatable bonds is 3. The van der Waals surface area contributed by atoms with Gasteiger partial charge in [-0.3, -0.25) is 4.72 Å². The molecule has 0 spiro atoms.